The summed E-state index contributed by atoms with van der Waals surface area (Å²) in [5.41, 5.74) is 1.02. The fourth-order valence-corrected chi connectivity index (χ4v) is 3.17. The summed E-state index contributed by atoms with van der Waals surface area (Å²) in [6.45, 7) is -0.0326. The zero-order valence-electron chi connectivity index (χ0n) is 13.0. The van der Waals surface area contributed by atoms with Crippen LogP contribution in [0.15, 0.2) is 59.5 Å². The molecular formula is C17H19NO5S. The first-order valence-corrected chi connectivity index (χ1v) is 8.94. The Balaban J connectivity index is 1.77. The molecule has 0 spiro atoms. The molecule has 0 unspecified atom stereocenters. The summed E-state index contributed by atoms with van der Waals surface area (Å²) in [6, 6.07) is 15.3. The lowest BCUT2D eigenvalue weighted by atomic mass is 10.1. The minimum absolute atomic E-state index is 0.255. The number of carboxylic acids is 1. The Morgan fingerprint density at radius 1 is 1.04 bits per heavy atom. The monoisotopic (exact) mass is 349 g/mol. The van der Waals surface area contributed by atoms with Crippen LogP contribution in [0, 0.1) is 0 Å². The summed E-state index contributed by atoms with van der Waals surface area (Å²) in [5, 5.41) is 8.54. The molecule has 0 atom stereocenters. The van der Waals surface area contributed by atoms with Gasteiger partial charge in [-0.3, -0.25) is 0 Å². The average molecular weight is 349 g/mol. The van der Waals surface area contributed by atoms with E-state index in [4.69, 9.17) is 9.84 Å². The average Bonchev–Trinajstić information content (AvgIpc) is 2.59. The van der Waals surface area contributed by atoms with Crippen LogP contribution in [0.3, 0.4) is 0 Å². The molecule has 2 N–H and O–H groups in total. The Kier molecular flexibility index (Phi) is 6.34. The lowest BCUT2D eigenvalue weighted by Gasteiger charge is -2.07. The van der Waals surface area contributed by atoms with Crippen molar-refractivity contribution >= 4 is 16.0 Å². The minimum atomic E-state index is -3.46. The van der Waals surface area contributed by atoms with E-state index in [1.165, 1.54) is 0 Å². The molecule has 0 bridgehead atoms. The summed E-state index contributed by atoms with van der Waals surface area (Å²) in [4.78, 5) is 10.7. The van der Waals surface area contributed by atoms with Crippen LogP contribution < -0.4 is 9.46 Å². The summed E-state index contributed by atoms with van der Waals surface area (Å²) >= 11 is 0. The van der Waals surface area contributed by atoms with Gasteiger partial charge in [0.15, 0.2) is 6.61 Å². The molecule has 7 heteroatoms. The molecule has 128 valence electrons. The van der Waals surface area contributed by atoms with Crippen molar-refractivity contribution in [2.24, 2.45) is 0 Å². The quantitative estimate of drug-likeness (QED) is 0.676. The van der Waals surface area contributed by atoms with Crippen LogP contribution in [-0.4, -0.2) is 32.6 Å². The van der Waals surface area contributed by atoms with Crippen molar-refractivity contribution < 1.29 is 23.1 Å². The van der Waals surface area contributed by atoms with Crippen LogP contribution in [0.5, 0.6) is 5.75 Å². The van der Waals surface area contributed by atoms with Gasteiger partial charge in [0, 0.05) is 6.54 Å². The number of ether oxygens (including phenoxy) is 1. The van der Waals surface area contributed by atoms with E-state index in [1.807, 2.05) is 12.1 Å². The van der Waals surface area contributed by atoms with Gasteiger partial charge in [0.2, 0.25) is 10.0 Å². The van der Waals surface area contributed by atoms with Gasteiger partial charge in [0.25, 0.3) is 0 Å². The maximum Gasteiger partial charge on any atom is 0.341 e. The molecular weight excluding hydrogens is 330 g/mol. The molecule has 0 amide bonds. The van der Waals surface area contributed by atoms with Crippen LogP contribution in [-0.2, 0) is 21.2 Å². The second-order valence-corrected chi connectivity index (χ2v) is 6.91. The number of aryl methyl sites for hydroxylation is 1. The number of hydrogen-bond donors (Lipinski definition) is 2. The Hall–Kier alpha value is -2.38. The van der Waals surface area contributed by atoms with Gasteiger partial charge in [-0.2, -0.15) is 0 Å². The van der Waals surface area contributed by atoms with Crippen LogP contribution in [0.4, 0.5) is 0 Å². The van der Waals surface area contributed by atoms with Crippen molar-refractivity contribution in [1.29, 1.82) is 0 Å². The molecule has 24 heavy (non-hydrogen) atoms. The van der Waals surface area contributed by atoms with E-state index in [0.29, 0.717) is 25.1 Å². The second kappa shape index (κ2) is 8.47. The maximum atomic E-state index is 12.0. The Labute approximate surface area is 141 Å². The minimum Gasteiger partial charge on any atom is -0.482 e. The zero-order valence-corrected chi connectivity index (χ0v) is 13.8. The van der Waals surface area contributed by atoms with Crippen molar-refractivity contribution in [3.8, 4) is 5.75 Å². The van der Waals surface area contributed by atoms with E-state index >= 15 is 0 Å². The molecule has 0 heterocycles. The lowest BCUT2D eigenvalue weighted by molar-refractivity contribution is -0.139. The number of benzene rings is 2. The lowest BCUT2D eigenvalue weighted by Crippen LogP contribution is -2.25. The number of hydrogen-bond acceptors (Lipinski definition) is 4. The summed E-state index contributed by atoms with van der Waals surface area (Å²) in [6.07, 6.45) is 1.36. The van der Waals surface area contributed by atoms with Crippen molar-refractivity contribution in [3.05, 3.63) is 60.2 Å². The van der Waals surface area contributed by atoms with Crippen LogP contribution >= 0.6 is 0 Å². The number of sulfonamides is 1. The standard InChI is InChI=1S/C17H19NO5S/c19-17(20)13-23-15-10-8-14(9-11-15)5-4-12-18-24(21,22)16-6-2-1-3-7-16/h1-3,6-11,18H,4-5,12-13H2,(H,19,20). The fourth-order valence-electron chi connectivity index (χ4n) is 2.08. The number of aliphatic carboxylic acids is 1. The number of carbonyl (C=O) groups is 1. The molecule has 0 aliphatic carbocycles. The number of rotatable bonds is 9. The molecule has 0 aliphatic rings. The van der Waals surface area contributed by atoms with E-state index in [0.717, 1.165) is 5.56 Å². The highest BCUT2D eigenvalue weighted by Gasteiger charge is 2.11. The SMILES string of the molecule is O=C(O)COc1ccc(CCCNS(=O)(=O)c2ccccc2)cc1. The molecule has 2 aromatic carbocycles. The van der Waals surface area contributed by atoms with Crippen molar-refractivity contribution in [3.63, 3.8) is 0 Å². The smallest absolute Gasteiger partial charge is 0.341 e. The van der Waals surface area contributed by atoms with Gasteiger partial charge in [-0.15, -0.1) is 0 Å². The van der Waals surface area contributed by atoms with E-state index in [2.05, 4.69) is 4.72 Å². The topological polar surface area (TPSA) is 92.7 Å². The highest BCUT2D eigenvalue weighted by atomic mass is 32.2. The van der Waals surface area contributed by atoms with Gasteiger partial charge >= 0.3 is 5.97 Å². The van der Waals surface area contributed by atoms with Gasteiger partial charge in [-0.05, 0) is 42.7 Å². The van der Waals surface area contributed by atoms with E-state index in [9.17, 15) is 13.2 Å². The predicted octanol–water partition coefficient (Wildman–Crippen LogP) is 2.06. The van der Waals surface area contributed by atoms with Crippen LogP contribution in [0.25, 0.3) is 0 Å². The third kappa shape index (κ3) is 5.68. The molecule has 2 rings (SSSR count). The zero-order chi connectivity index (χ0) is 17.4. The molecule has 0 saturated heterocycles. The van der Waals surface area contributed by atoms with Crippen molar-refractivity contribution in [2.45, 2.75) is 17.7 Å². The molecule has 0 aliphatic heterocycles. The molecule has 2 aromatic rings. The first kappa shape index (κ1) is 18.0. The molecule has 0 aromatic heterocycles. The van der Waals surface area contributed by atoms with Gasteiger partial charge in [0.1, 0.15) is 5.75 Å². The molecule has 6 nitrogen and oxygen atoms in total. The van der Waals surface area contributed by atoms with Gasteiger partial charge < -0.3 is 9.84 Å². The predicted molar refractivity (Wildman–Crippen MR) is 89.5 cm³/mol. The Morgan fingerprint density at radius 3 is 2.33 bits per heavy atom. The Bertz CT molecular complexity index is 757. The highest BCUT2D eigenvalue weighted by Crippen LogP contribution is 2.13. The normalized spacial score (nSPS) is 11.2. The first-order valence-electron chi connectivity index (χ1n) is 7.45. The maximum absolute atomic E-state index is 12.0. The summed E-state index contributed by atoms with van der Waals surface area (Å²) in [7, 11) is -3.46. The van der Waals surface area contributed by atoms with E-state index < -0.39 is 16.0 Å². The fraction of sp³-hybridized carbons (Fsp3) is 0.235. The van der Waals surface area contributed by atoms with Gasteiger partial charge in [-0.25, -0.2) is 17.9 Å². The van der Waals surface area contributed by atoms with Crippen molar-refractivity contribution in [2.75, 3.05) is 13.2 Å². The van der Waals surface area contributed by atoms with Crippen molar-refractivity contribution in [1.82, 2.24) is 4.72 Å². The van der Waals surface area contributed by atoms with E-state index in [1.54, 1.807) is 42.5 Å². The molecule has 0 fully saturated rings. The van der Waals surface area contributed by atoms with Gasteiger partial charge in [-0.1, -0.05) is 30.3 Å². The number of carboxylic acid groups (broad SMARTS) is 1. The third-order valence-corrected chi connectivity index (χ3v) is 4.75. The third-order valence-electron chi connectivity index (χ3n) is 3.27. The number of nitrogens with one attached hydrogen (secondary N) is 1. The van der Waals surface area contributed by atoms with Crippen LogP contribution in [0.1, 0.15) is 12.0 Å². The van der Waals surface area contributed by atoms with E-state index in [-0.39, 0.29) is 11.5 Å². The molecule has 0 radical (unpaired) electrons. The highest BCUT2D eigenvalue weighted by molar-refractivity contribution is 7.89. The summed E-state index contributed by atoms with van der Waals surface area (Å²) < 4.78 is 31.7. The Morgan fingerprint density at radius 2 is 1.71 bits per heavy atom. The summed E-state index contributed by atoms with van der Waals surface area (Å²) in [5.74, 6) is -0.532. The first-order chi connectivity index (χ1) is 11.5. The second-order valence-electron chi connectivity index (χ2n) is 5.14. The van der Waals surface area contributed by atoms with Crippen LogP contribution in [0.2, 0.25) is 0 Å². The van der Waals surface area contributed by atoms with Gasteiger partial charge in [0.05, 0.1) is 4.90 Å². The largest absolute Gasteiger partial charge is 0.482 e. The molecule has 0 saturated carbocycles.